The van der Waals surface area contributed by atoms with Crippen molar-refractivity contribution in [2.45, 2.75) is 83.6 Å². The van der Waals surface area contributed by atoms with E-state index in [2.05, 4.69) is 48.0 Å². The van der Waals surface area contributed by atoms with Crippen LogP contribution in [0.3, 0.4) is 0 Å². The Morgan fingerprint density at radius 2 is 1.50 bits per heavy atom. The van der Waals surface area contributed by atoms with E-state index in [0.29, 0.717) is 46.6 Å². The summed E-state index contributed by atoms with van der Waals surface area (Å²) in [6, 6.07) is 8.49. The first kappa shape index (κ1) is 43.6. The quantitative estimate of drug-likeness (QED) is 0.0925. The number of fused-ring (bicyclic) bond motifs is 5. The molecule has 2 amide bonds. The molecule has 3 saturated heterocycles. The van der Waals surface area contributed by atoms with Crippen molar-refractivity contribution in [2.75, 3.05) is 53.2 Å². The smallest absolute Gasteiger partial charge is 0.258 e. The second kappa shape index (κ2) is 16.1. The lowest BCUT2D eigenvalue weighted by Gasteiger charge is -2.37. The summed E-state index contributed by atoms with van der Waals surface area (Å²) in [6.07, 6.45) is 13.4. The van der Waals surface area contributed by atoms with Gasteiger partial charge in [0.2, 0.25) is 0 Å². The van der Waals surface area contributed by atoms with Crippen molar-refractivity contribution in [3.63, 3.8) is 0 Å². The number of likely N-dealkylation sites (N-methyl/N-ethyl adjacent to an activating group) is 1. The third kappa shape index (κ3) is 7.77. The number of anilines is 4. The maximum absolute atomic E-state index is 15.3. The minimum atomic E-state index is -0.867. The number of hydrogen-bond acceptors (Lipinski definition) is 11. The van der Waals surface area contributed by atoms with Crippen LogP contribution in [0.5, 0.6) is 0 Å². The first-order valence-corrected chi connectivity index (χ1v) is 23.1. The largest absolute Gasteiger partial charge is 0.389 e. The van der Waals surface area contributed by atoms with Crippen molar-refractivity contribution in [1.82, 2.24) is 49.0 Å². The summed E-state index contributed by atoms with van der Waals surface area (Å²) in [5, 5.41) is 35.1. The van der Waals surface area contributed by atoms with Crippen LogP contribution in [0, 0.1) is 25.5 Å². The summed E-state index contributed by atoms with van der Waals surface area (Å²) >= 11 is 0. The summed E-state index contributed by atoms with van der Waals surface area (Å²) in [4.78, 5) is 42.1. The molecule has 0 radical (unpaired) electrons. The van der Waals surface area contributed by atoms with Gasteiger partial charge < -0.3 is 45.0 Å². The molecule has 1 aliphatic carbocycles. The van der Waals surface area contributed by atoms with Gasteiger partial charge in [-0.15, -0.1) is 0 Å². The number of nitrogens with zero attached hydrogens (tertiary/aromatic N) is 10. The molecule has 8 aromatic rings. The number of halogens is 2. The summed E-state index contributed by atoms with van der Waals surface area (Å²) in [5.41, 5.74) is 5.51. The fraction of sp³-hybridized carbons (Fsp3) is 0.388. The molecule has 2 aromatic carbocycles. The summed E-state index contributed by atoms with van der Waals surface area (Å²) in [5.74, 6) is -2.05. The number of imidazole rings is 2. The number of nitrogens with one attached hydrogen (secondary N) is 4. The van der Waals surface area contributed by atoms with Crippen LogP contribution in [0.2, 0.25) is 0 Å². The number of pyridine rings is 2. The van der Waals surface area contributed by atoms with E-state index in [1.54, 1.807) is 72.0 Å². The van der Waals surface area contributed by atoms with Gasteiger partial charge in [-0.2, -0.15) is 10.2 Å². The number of benzene rings is 2. The molecule has 4 fully saturated rings. The molecule has 19 heteroatoms. The highest BCUT2D eigenvalue weighted by molar-refractivity contribution is 6.15. The summed E-state index contributed by atoms with van der Waals surface area (Å²) < 4.78 is 37.1. The van der Waals surface area contributed by atoms with Gasteiger partial charge in [-0.05, 0) is 77.3 Å². The Kier molecular flexibility index (Phi) is 10.3. The number of hydrogen-bond donors (Lipinski definition) is 5. The zero-order valence-corrected chi connectivity index (χ0v) is 38.9. The van der Waals surface area contributed by atoms with Crippen LogP contribution in [-0.4, -0.2) is 111 Å². The molecule has 68 heavy (non-hydrogen) atoms. The van der Waals surface area contributed by atoms with Crippen LogP contribution < -0.4 is 31.1 Å². The Bertz CT molecular complexity index is 3340. The first-order valence-electron chi connectivity index (χ1n) is 23.1. The van der Waals surface area contributed by atoms with Crippen molar-refractivity contribution < 1.29 is 23.5 Å². The van der Waals surface area contributed by atoms with E-state index in [4.69, 9.17) is 10.2 Å². The maximum Gasteiger partial charge on any atom is 0.258 e. The standard InChI is InChI=1S/C49H54F2N14O3/c1-7-53-49-15-33(16-49)65(26-49)43-29(12-35(42-37(43)23-60(6)58-42)47(67)57-32-14-39(51)45-55-28(3)18-63(45)22-32)19-64-24-36-40(61-11-10-30(20-61)52-25-48(4,5)68)9-8-34(41(36)59-64)46(66)56-31-13-38(50)44-54-27(2)17-62(44)21-31/h8-9,12-14,17-18,21-24,30,33,52-53,68H,7,10-11,15-16,19-20,25-26H2,1-6H3,(H,56,66)(H,57,67). The molecule has 4 aliphatic rings. The zero-order valence-electron chi connectivity index (χ0n) is 38.9. The van der Waals surface area contributed by atoms with Crippen LogP contribution in [0.25, 0.3) is 33.1 Å². The SMILES string of the molecule is CCNC12CC(C1)N(c1c(Cn3cc4c(N5CCC(NCC(C)(C)O)C5)ccc(C(=O)Nc5cc(F)c6nc(C)cn6c5)c4n3)cc(C(=O)Nc3cc(F)c4nc(C)cn4c3)c3nn(C)cc13)C2. The minimum absolute atomic E-state index is 0.0211. The number of aryl methyl sites for hydroxylation is 3. The number of carbonyl (C=O) groups is 2. The van der Waals surface area contributed by atoms with Crippen LogP contribution in [0.15, 0.2) is 67.5 Å². The first-order chi connectivity index (χ1) is 32.5. The van der Waals surface area contributed by atoms with Crippen LogP contribution >= 0.6 is 0 Å². The van der Waals surface area contributed by atoms with Crippen molar-refractivity contribution >= 4 is 67.7 Å². The lowest BCUT2D eigenvalue weighted by Crippen LogP contribution is -2.52. The Morgan fingerprint density at radius 1 is 0.853 bits per heavy atom. The highest BCUT2D eigenvalue weighted by Crippen LogP contribution is 2.49. The molecule has 6 aromatic heterocycles. The van der Waals surface area contributed by atoms with Gasteiger partial charge in [0.1, 0.15) is 11.0 Å². The van der Waals surface area contributed by atoms with E-state index < -0.39 is 29.0 Å². The van der Waals surface area contributed by atoms with Gasteiger partial charge in [-0.1, -0.05) is 6.92 Å². The monoisotopic (exact) mass is 924 g/mol. The van der Waals surface area contributed by atoms with Crippen molar-refractivity contribution in [1.29, 1.82) is 0 Å². The molecular formula is C49H54F2N14O3. The Hall–Kier alpha value is -6.96. The van der Waals surface area contributed by atoms with E-state index >= 15 is 8.78 Å². The zero-order chi connectivity index (χ0) is 47.4. The van der Waals surface area contributed by atoms with E-state index in [1.807, 2.05) is 36.3 Å². The molecule has 1 atom stereocenters. The normalized spacial score (nSPS) is 19.3. The molecule has 2 bridgehead atoms. The molecule has 9 heterocycles. The highest BCUT2D eigenvalue weighted by atomic mass is 19.1. The predicted molar refractivity (Wildman–Crippen MR) is 257 cm³/mol. The molecule has 3 aliphatic heterocycles. The fourth-order valence-corrected chi connectivity index (χ4v) is 10.7. The molecular weight excluding hydrogens is 871 g/mol. The van der Waals surface area contributed by atoms with E-state index in [-0.39, 0.29) is 46.8 Å². The van der Waals surface area contributed by atoms with Crippen LogP contribution in [0.1, 0.15) is 77.7 Å². The lowest BCUT2D eigenvalue weighted by molar-refractivity contribution is 0.0771. The molecule has 0 spiro atoms. The summed E-state index contributed by atoms with van der Waals surface area (Å²) in [6.45, 7) is 12.9. The lowest BCUT2D eigenvalue weighted by atomic mass is 9.78. The number of aliphatic hydroxyl groups is 1. The molecule has 352 valence electrons. The Balaban J connectivity index is 1.01. The molecule has 5 N–H and O–H groups in total. The van der Waals surface area contributed by atoms with Crippen molar-refractivity contribution in [3.05, 3.63) is 107 Å². The second-order valence-corrected chi connectivity index (χ2v) is 19.6. The predicted octanol–water partition coefficient (Wildman–Crippen LogP) is 5.94. The van der Waals surface area contributed by atoms with E-state index in [1.165, 1.54) is 12.1 Å². The number of rotatable bonds is 13. The number of amides is 2. The van der Waals surface area contributed by atoms with Gasteiger partial charge in [0, 0.05) is 117 Å². The minimum Gasteiger partial charge on any atom is -0.389 e. The molecule has 1 saturated carbocycles. The molecule has 12 rings (SSSR count). The number of carbonyl (C=O) groups excluding carboxylic acids is 2. The van der Waals surface area contributed by atoms with Crippen molar-refractivity contribution in [2.24, 2.45) is 7.05 Å². The van der Waals surface area contributed by atoms with Gasteiger partial charge in [0.25, 0.3) is 11.8 Å². The Morgan fingerprint density at radius 3 is 2.15 bits per heavy atom. The van der Waals surface area contributed by atoms with Gasteiger partial charge in [-0.25, -0.2) is 18.7 Å². The fourth-order valence-electron chi connectivity index (χ4n) is 10.7. The maximum atomic E-state index is 15.3. The van der Waals surface area contributed by atoms with E-state index in [0.717, 1.165) is 66.6 Å². The van der Waals surface area contributed by atoms with Gasteiger partial charge in [-0.3, -0.25) is 19.0 Å². The highest BCUT2D eigenvalue weighted by Gasteiger charge is 2.55. The Labute approximate surface area is 390 Å². The number of aromatic nitrogens is 8. The average Bonchev–Trinajstić information content (AvgIpc) is 4.13. The van der Waals surface area contributed by atoms with Gasteiger partial charge >= 0.3 is 0 Å². The average molecular weight is 925 g/mol. The third-order valence-electron chi connectivity index (χ3n) is 13.6. The van der Waals surface area contributed by atoms with Crippen LogP contribution in [-0.2, 0) is 13.6 Å². The molecule has 1 unspecified atom stereocenters. The van der Waals surface area contributed by atoms with Gasteiger partial charge in [0.15, 0.2) is 22.9 Å². The third-order valence-corrected chi connectivity index (χ3v) is 13.6. The van der Waals surface area contributed by atoms with Crippen molar-refractivity contribution in [3.8, 4) is 0 Å². The second-order valence-electron chi connectivity index (χ2n) is 19.6. The summed E-state index contributed by atoms with van der Waals surface area (Å²) in [7, 11) is 1.83. The van der Waals surface area contributed by atoms with Crippen LogP contribution in [0.4, 0.5) is 31.5 Å². The van der Waals surface area contributed by atoms with E-state index in [9.17, 15) is 14.7 Å². The topological polar surface area (TPSA) is 179 Å². The molecule has 17 nitrogen and oxygen atoms in total. The van der Waals surface area contributed by atoms with Gasteiger partial charge in [0.05, 0.1) is 51.7 Å².